The summed E-state index contributed by atoms with van der Waals surface area (Å²) in [6.07, 6.45) is 8.74. The fourth-order valence-corrected chi connectivity index (χ4v) is 4.92. The van der Waals surface area contributed by atoms with Crippen molar-refractivity contribution in [3.8, 4) is 0 Å². The highest BCUT2D eigenvalue weighted by molar-refractivity contribution is 7.16. The van der Waals surface area contributed by atoms with Gasteiger partial charge in [0.2, 0.25) is 0 Å². The molecule has 8 heteroatoms. The number of methoxy groups -OCH3 is 2. The highest BCUT2D eigenvalue weighted by atomic mass is 32.1. The summed E-state index contributed by atoms with van der Waals surface area (Å²) in [6.45, 7) is 0. The van der Waals surface area contributed by atoms with Gasteiger partial charge in [0.1, 0.15) is 10.0 Å². The molecule has 0 bridgehead atoms. The van der Waals surface area contributed by atoms with E-state index < -0.39 is 0 Å². The molecule has 2 aromatic rings. The smallest absolute Gasteiger partial charge is 0.340 e. The van der Waals surface area contributed by atoms with Crippen LogP contribution in [0.4, 0.5) is 10.0 Å². The minimum atomic E-state index is -0.369. The number of hydrogen-bond donors (Lipinski definition) is 2. The maximum absolute atomic E-state index is 11.6. The first-order chi connectivity index (χ1) is 13.5. The maximum Gasteiger partial charge on any atom is 0.340 e. The average Bonchev–Trinajstić information content (AvgIpc) is 3.24. The summed E-state index contributed by atoms with van der Waals surface area (Å²) >= 11 is 2.94. The lowest BCUT2D eigenvalue weighted by Gasteiger charge is -2.01. The summed E-state index contributed by atoms with van der Waals surface area (Å²) in [6, 6.07) is 3.70. The molecule has 0 atom stereocenters. The molecule has 0 spiro atoms. The van der Waals surface area contributed by atoms with Gasteiger partial charge in [0.05, 0.1) is 25.3 Å². The van der Waals surface area contributed by atoms with E-state index >= 15 is 0 Å². The maximum atomic E-state index is 11.6. The van der Waals surface area contributed by atoms with Gasteiger partial charge in [-0.1, -0.05) is 25.7 Å². The van der Waals surface area contributed by atoms with Gasteiger partial charge in [-0.3, -0.25) is 0 Å². The second-order valence-corrected chi connectivity index (χ2v) is 8.92. The number of anilines is 2. The Hall–Kier alpha value is -2.06. The molecule has 2 aromatic heterocycles. The highest BCUT2D eigenvalue weighted by Gasteiger charge is 2.15. The summed E-state index contributed by atoms with van der Waals surface area (Å²) in [4.78, 5) is 25.4. The van der Waals surface area contributed by atoms with Gasteiger partial charge in [-0.2, -0.15) is 0 Å². The second-order valence-electron chi connectivity index (χ2n) is 6.59. The SMILES string of the molecule is COC(=O)c1cc(CCCCCCCCc2cc(C(=O)OC)c(N)s2)sc1N. The molecule has 0 amide bonds. The Labute approximate surface area is 173 Å². The number of thiophene rings is 2. The predicted molar refractivity (Wildman–Crippen MR) is 115 cm³/mol. The van der Waals surface area contributed by atoms with Crippen molar-refractivity contribution in [1.82, 2.24) is 0 Å². The Morgan fingerprint density at radius 2 is 1.11 bits per heavy atom. The van der Waals surface area contributed by atoms with Gasteiger partial charge in [0.25, 0.3) is 0 Å². The van der Waals surface area contributed by atoms with Gasteiger partial charge in [-0.15, -0.1) is 22.7 Å². The number of nitrogens with two attached hydrogens (primary N) is 2. The molecule has 6 nitrogen and oxygen atoms in total. The van der Waals surface area contributed by atoms with Crippen LogP contribution in [-0.4, -0.2) is 26.2 Å². The molecule has 0 saturated heterocycles. The number of carbonyl (C=O) groups excluding carboxylic acids is 2. The zero-order chi connectivity index (χ0) is 20.5. The van der Waals surface area contributed by atoms with Gasteiger partial charge in [-0.05, 0) is 37.8 Å². The molecule has 4 N–H and O–H groups in total. The van der Waals surface area contributed by atoms with Gasteiger partial charge >= 0.3 is 11.9 Å². The Balaban J connectivity index is 1.59. The van der Waals surface area contributed by atoms with Crippen LogP contribution < -0.4 is 11.5 Å². The number of ether oxygens (including phenoxy) is 2. The molecule has 154 valence electrons. The molecule has 0 fully saturated rings. The third kappa shape index (κ3) is 6.24. The van der Waals surface area contributed by atoms with E-state index in [1.807, 2.05) is 12.1 Å². The van der Waals surface area contributed by atoms with E-state index in [0.29, 0.717) is 21.1 Å². The van der Waals surface area contributed by atoms with Crippen LogP contribution in [0.25, 0.3) is 0 Å². The van der Waals surface area contributed by atoms with E-state index in [-0.39, 0.29) is 11.9 Å². The molecule has 0 aliphatic heterocycles. The van der Waals surface area contributed by atoms with E-state index in [1.165, 1.54) is 49.7 Å². The number of carbonyl (C=O) groups is 2. The molecular weight excluding hydrogens is 396 g/mol. The predicted octanol–water partition coefficient (Wildman–Crippen LogP) is 4.67. The molecule has 0 unspecified atom stereocenters. The zero-order valence-corrected chi connectivity index (χ0v) is 18.0. The molecule has 0 aromatic carbocycles. The summed E-state index contributed by atoms with van der Waals surface area (Å²) < 4.78 is 9.45. The first-order valence-electron chi connectivity index (χ1n) is 9.39. The monoisotopic (exact) mass is 424 g/mol. The van der Waals surface area contributed by atoms with Gasteiger partial charge < -0.3 is 20.9 Å². The lowest BCUT2D eigenvalue weighted by Crippen LogP contribution is -2.02. The third-order valence-corrected chi connectivity index (χ3v) is 6.58. The van der Waals surface area contributed by atoms with Crippen LogP contribution in [0.15, 0.2) is 12.1 Å². The van der Waals surface area contributed by atoms with Crippen LogP contribution in [0, 0.1) is 0 Å². The largest absolute Gasteiger partial charge is 0.465 e. The van der Waals surface area contributed by atoms with Crippen LogP contribution in [-0.2, 0) is 22.3 Å². The molecule has 2 heterocycles. The van der Waals surface area contributed by atoms with E-state index in [9.17, 15) is 9.59 Å². The fraction of sp³-hybridized carbons (Fsp3) is 0.500. The summed E-state index contributed by atoms with van der Waals surface area (Å²) in [5.74, 6) is -0.739. The molecule has 0 aliphatic carbocycles. The lowest BCUT2D eigenvalue weighted by molar-refractivity contribution is 0.0593. The van der Waals surface area contributed by atoms with Crippen molar-refractivity contribution in [2.75, 3.05) is 25.7 Å². The lowest BCUT2D eigenvalue weighted by atomic mass is 10.1. The number of unbranched alkanes of at least 4 members (excludes halogenated alkanes) is 5. The van der Waals surface area contributed by atoms with Crippen molar-refractivity contribution < 1.29 is 19.1 Å². The molecular formula is C20H28N2O4S2. The normalized spacial score (nSPS) is 10.8. The minimum absolute atomic E-state index is 0.369. The van der Waals surface area contributed by atoms with Crippen molar-refractivity contribution in [3.63, 3.8) is 0 Å². The van der Waals surface area contributed by atoms with E-state index in [0.717, 1.165) is 48.3 Å². The molecule has 0 aliphatic rings. The van der Waals surface area contributed by atoms with Crippen LogP contribution >= 0.6 is 22.7 Å². The van der Waals surface area contributed by atoms with Gasteiger partial charge in [-0.25, -0.2) is 9.59 Å². The Morgan fingerprint density at radius 3 is 1.46 bits per heavy atom. The van der Waals surface area contributed by atoms with Crippen molar-refractivity contribution in [2.45, 2.75) is 51.4 Å². The number of nitrogen functional groups attached to an aromatic ring is 2. The Bertz CT molecular complexity index is 732. The molecule has 0 radical (unpaired) electrons. The highest BCUT2D eigenvalue weighted by Crippen LogP contribution is 2.28. The second kappa shape index (κ2) is 11.1. The standard InChI is InChI=1S/C20H28N2O4S2/c1-25-19(23)15-11-13(27-17(15)21)9-7-5-3-4-6-8-10-14-12-16(18(22)28-14)20(24)26-2/h11-12H,3-10,21-22H2,1-2H3. The number of aryl methyl sites for hydroxylation is 2. The summed E-state index contributed by atoms with van der Waals surface area (Å²) in [5.41, 5.74) is 12.7. The molecule has 2 rings (SSSR count). The van der Waals surface area contributed by atoms with Crippen molar-refractivity contribution in [2.24, 2.45) is 0 Å². The average molecular weight is 425 g/mol. The number of hydrogen-bond acceptors (Lipinski definition) is 8. The van der Waals surface area contributed by atoms with Crippen molar-refractivity contribution in [1.29, 1.82) is 0 Å². The molecule has 28 heavy (non-hydrogen) atoms. The van der Waals surface area contributed by atoms with Crippen molar-refractivity contribution in [3.05, 3.63) is 33.0 Å². The topological polar surface area (TPSA) is 105 Å². The van der Waals surface area contributed by atoms with E-state index in [4.69, 9.17) is 20.9 Å². The summed E-state index contributed by atoms with van der Waals surface area (Å²) in [7, 11) is 2.73. The van der Waals surface area contributed by atoms with Crippen LogP contribution in [0.1, 0.15) is 69.0 Å². The number of rotatable bonds is 11. The first-order valence-corrected chi connectivity index (χ1v) is 11.0. The fourth-order valence-electron chi connectivity index (χ4n) is 3.01. The minimum Gasteiger partial charge on any atom is -0.465 e. The number of esters is 2. The summed E-state index contributed by atoms with van der Waals surface area (Å²) in [5, 5.41) is 1.07. The van der Waals surface area contributed by atoms with E-state index in [1.54, 1.807) is 0 Å². The molecule has 0 saturated carbocycles. The Kier molecular flexibility index (Phi) is 8.79. The Morgan fingerprint density at radius 1 is 0.750 bits per heavy atom. The van der Waals surface area contributed by atoms with Crippen LogP contribution in [0.5, 0.6) is 0 Å². The zero-order valence-electron chi connectivity index (χ0n) is 16.4. The van der Waals surface area contributed by atoms with Gasteiger partial charge in [0, 0.05) is 9.75 Å². The first kappa shape index (κ1) is 22.2. The third-order valence-electron chi connectivity index (χ3n) is 4.53. The van der Waals surface area contributed by atoms with E-state index in [2.05, 4.69) is 0 Å². The van der Waals surface area contributed by atoms with Crippen LogP contribution in [0.3, 0.4) is 0 Å². The van der Waals surface area contributed by atoms with Gasteiger partial charge in [0.15, 0.2) is 0 Å². The quantitative estimate of drug-likeness (QED) is 0.401. The van der Waals surface area contributed by atoms with Crippen LogP contribution in [0.2, 0.25) is 0 Å². The van der Waals surface area contributed by atoms with Crippen molar-refractivity contribution >= 4 is 44.6 Å².